The molecular formula is C11H14N2O3S. The topological polar surface area (TPSA) is 66.5 Å². The van der Waals surface area contributed by atoms with Gasteiger partial charge in [-0.1, -0.05) is 18.2 Å². The summed E-state index contributed by atoms with van der Waals surface area (Å²) in [6.07, 6.45) is 1.86. The Bertz CT molecular complexity index is 539. The van der Waals surface area contributed by atoms with Crippen LogP contribution in [0.3, 0.4) is 0 Å². The Morgan fingerprint density at radius 2 is 2.12 bits per heavy atom. The Balaban J connectivity index is 2.08. The Kier molecular flexibility index (Phi) is 3.17. The van der Waals surface area contributed by atoms with Gasteiger partial charge >= 0.3 is 0 Å². The number of para-hydroxylation sites is 1. The molecule has 0 spiro atoms. The predicted octanol–water partition coefficient (Wildman–Crippen LogP) is 0.125. The molecule has 0 saturated heterocycles. The zero-order valence-corrected chi connectivity index (χ0v) is 10.3. The molecule has 1 N–H and O–H groups in total. The molecule has 0 radical (unpaired) electrons. The van der Waals surface area contributed by atoms with Crippen LogP contribution in [0.5, 0.6) is 0 Å². The fraction of sp³-hybridized carbons (Fsp3) is 0.364. The summed E-state index contributed by atoms with van der Waals surface area (Å²) in [6, 6.07) is 7.66. The molecule has 0 atom stereocenters. The maximum Gasteiger partial charge on any atom is 0.242 e. The van der Waals surface area contributed by atoms with Gasteiger partial charge in [-0.2, -0.15) is 0 Å². The monoisotopic (exact) mass is 254 g/mol. The van der Waals surface area contributed by atoms with Gasteiger partial charge in [-0.15, -0.1) is 0 Å². The van der Waals surface area contributed by atoms with Crippen molar-refractivity contribution in [3.05, 3.63) is 29.8 Å². The minimum Gasteiger partial charge on any atom is -0.311 e. The summed E-state index contributed by atoms with van der Waals surface area (Å²) in [6.45, 7) is 0.427. The molecule has 92 valence electrons. The molecular weight excluding hydrogens is 240 g/mol. The van der Waals surface area contributed by atoms with Crippen LogP contribution in [0.25, 0.3) is 0 Å². The summed E-state index contributed by atoms with van der Waals surface area (Å²) in [7, 11) is -3.32. The number of hydrogen-bond donors (Lipinski definition) is 1. The molecule has 0 fully saturated rings. The summed E-state index contributed by atoms with van der Waals surface area (Å²) < 4.78 is 24.0. The van der Waals surface area contributed by atoms with Gasteiger partial charge in [0, 0.05) is 12.2 Å². The van der Waals surface area contributed by atoms with Gasteiger partial charge in [0.15, 0.2) is 0 Å². The van der Waals surface area contributed by atoms with Gasteiger partial charge in [-0.3, -0.25) is 4.79 Å². The van der Waals surface area contributed by atoms with E-state index in [9.17, 15) is 13.2 Å². The largest absolute Gasteiger partial charge is 0.311 e. The molecule has 1 aliphatic heterocycles. The average molecular weight is 254 g/mol. The van der Waals surface area contributed by atoms with Gasteiger partial charge < -0.3 is 4.90 Å². The molecule has 17 heavy (non-hydrogen) atoms. The van der Waals surface area contributed by atoms with Gasteiger partial charge in [-0.05, 0) is 18.1 Å². The second-order valence-electron chi connectivity index (χ2n) is 4.02. The lowest BCUT2D eigenvalue weighted by Crippen LogP contribution is -2.39. The third-order valence-electron chi connectivity index (χ3n) is 2.67. The summed E-state index contributed by atoms with van der Waals surface area (Å²) in [5.74, 6) is -0.222. The van der Waals surface area contributed by atoms with Crippen molar-refractivity contribution in [2.45, 2.75) is 6.42 Å². The number of benzene rings is 1. The van der Waals surface area contributed by atoms with Crippen LogP contribution in [-0.4, -0.2) is 33.7 Å². The molecule has 0 aromatic heterocycles. The summed E-state index contributed by atoms with van der Waals surface area (Å²) >= 11 is 0. The van der Waals surface area contributed by atoms with Crippen molar-refractivity contribution in [1.82, 2.24) is 4.72 Å². The molecule has 0 unspecified atom stereocenters. The highest BCUT2D eigenvalue weighted by atomic mass is 32.2. The number of amides is 1. The lowest BCUT2D eigenvalue weighted by molar-refractivity contribution is -0.117. The highest BCUT2D eigenvalue weighted by molar-refractivity contribution is 7.88. The Morgan fingerprint density at radius 1 is 1.41 bits per heavy atom. The fourth-order valence-corrected chi connectivity index (χ4v) is 2.27. The van der Waals surface area contributed by atoms with Crippen molar-refractivity contribution in [3.8, 4) is 0 Å². The van der Waals surface area contributed by atoms with Crippen LogP contribution in [0, 0.1) is 0 Å². The molecule has 1 aromatic rings. The quantitative estimate of drug-likeness (QED) is 0.833. The van der Waals surface area contributed by atoms with Crippen LogP contribution in [0.4, 0.5) is 5.69 Å². The molecule has 1 aliphatic rings. The molecule has 2 rings (SSSR count). The first-order chi connectivity index (χ1) is 7.97. The number of carbonyl (C=O) groups is 1. The number of carbonyl (C=O) groups excluding carboxylic acids is 1. The second kappa shape index (κ2) is 4.46. The van der Waals surface area contributed by atoms with E-state index in [1.165, 1.54) is 0 Å². The smallest absolute Gasteiger partial charge is 0.242 e. The molecule has 0 saturated carbocycles. The SMILES string of the molecule is CS(=O)(=O)NCC(=O)N1CCc2ccccc21. The summed E-state index contributed by atoms with van der Waals surface area (Å²) in [4.78, 5) is 13.5. The van der Waals surface area contributed by atoms with Crippen molar-refractivity contribution < 1.29 is 13.2 Å². The van der Waals surface area contributed by atoms with E-state index in [4.69, 9.17) is 0 Å². The first-order valence-electron chi connectivity index (χ1n) is 5.30. The number of nitrogens with zero attached hydrogens (tertiary/aromatic N) is 1. The third-order valence-corrected chi connectivity index (χ3v) is 3.34. The zero-order valence-electron chi connectivity index (χ0n) is 9.51. The molecule has 1 aromatic carbocycles. The highest BCUT2D eigenvalue weighted by Crippen LogP contribution is 2.27. The van der Waals surface area contributed by atoms with Crippen molar-refractivity contribution >= 4 is 21.6 Å². The molecule has 5 nitrogen and oxygen atoms in total. The van der Waals surface area contributed by atoms with Gasteiger partial charge in [0.25, 0.3) is 0 Å². The first kappa shape index (κ1) is 12.1. The van der Waals surface area contributed by atoms with Crippen LogP contribution in [-0.2, 0) is 21.2 Å². The number of fused-ring (bicyclic) bond motifs is 1. The fourth-order valence-electron chi connectivity index (χ4n) is 1.89. The van der Waals surface area contributed by atoms with E-state index < -0.39 is 10.0 Å². The highest BCUT2D eigenvalue weighted by Gasteiger charge is 2.24. The predicted molar refractivity (Wildman–Crippen MR) is 65.3 cm³/mol. The van der Waals surface area contributed by atoms with E-state index in [0.29, 0.717) is 6.54 Å². The van der Waals surface area contributed by atoms with E-state index in [-0.39, 0.29) is 12.5 Å². The maximum atomic E-state index is 11.9. The normalized spacial score (nSPS) is 14.8. The summed E-state index contributed by atoms with van der Waals surface area (Å²) in [5, 5.41) is 0. The Hall–Kier alpha value is -1.40. The van der Waals surface area contributed by atoms with Crippen molar-refractivity contribution in [3.63, 3.8) is 0 Å². The first-order valence-corrected chi connectivity index (χ1v) is 7.19. The number of sulfonamides is 1. The molecule has 1 amide bonds. The van der Waals surface area contributed by atoms with Crippen LogP contribution < -0.4 is 9.62 Å². The van der Waals surface area contributed by atoms with E-state index >= 15 is 0 Å². The van der Waals surface area contributed by atoms with Crippen LogP contribution in [0.2, 0.25) is 0 Å². The summed E-state index contributed by atoms with van der Waals surface area (Å²) in [5.41, 5.74) is 2.01. The van der Waals surface area contributed by atoms with Gasteiger partial charge in [0.2, 0.25) is 15.9 Å². The maximum absolute atomic E-state index is 11.9. The molecule has 0 aliphatic carbocycles. The van der Waals surface area contributed by atoms with Gasteiger partial charge in [0.1, 0.15) is 0 Å². The second-order valence-corrected chi connectivity index (χ2v) is 5.85. The van der Waals surface area contributed by atoms with Gasteiger partial charge in [0.05, 0.1) is 12.8 Å². The number of hydrogen-bond acceptors (Lipinski definition) is 3. The lowest BCUT2D eigenvalue weighted by Gasteiger charge is -2.17. The average Bonchev–Trinajstić information content (AvgIpc) is 2.68. The van der Waals surface area contributed by atoms with E-state index in [0.717, 1.165) is 23.9 Å². The minimum atomic E-state index is -3.32. The van der Waals surface area contributed by atoms with Crippen LogP contribution >= 0.6 is 0 Å². The number of anilines is 1. The Morgan fingerprint density at radius 3 is 2.82 bits per heavy atom. The lowest BCUT2D eigenvalue weighted by atomic mass is 10.2. The van der Waals surface area contributed by atoms with E-state index in [1.807, 2.05) is 24.3 Å². The molecule has 1 heterocycles. The standard InChI is InChI=1S/C11H14N2O3S/c1-17(15,16)12-8-11(14)13-7-6-9-4-2-3-5-10(9)13/h2-5,12H,6-8H2,1H3. The van der Waals surface area contributed by atoms with Crippen molar-refractivity contribution in [2.75, 3.05) is 24.2 Å². The van der Waals surface area contributed by atoms with Crippen LogP contribution in [0.1, 0.15) is 5.56 Å². The third kappa shape index (κ3) is 2.83. The van der Waals surface area contributed by atoms with E-state index in [1.54, 1.807) is 4.90 Å². The minimum absolute atomic E-state index is 0.187. The molecule has 0 bridgehead atoms. The molecule has 6 heteroatoms. The zero-order chi connectivity index (χ0) is 12.5. The van der Waals surface area contributed by atoms with Crippen molar-refractivity contribution in [1.29, 1.82) is 0 Å². The number of nitrogens with one attached hydrogen (secondary N) is 1. The van der Waals surface area contributed by atoms with E-state index in [2.05, 4.69) is 4.72 Å². The Labute approximate surface area is 100 Å². The van der Waals surface area contributed by atoms with Crippen LogP contribution in [0.15, 0.2) is 24.3 Å². The van der Waals surface area contributed by atoms with Crippen molar-refractivity contribution in [2.24, 2.45) is 0 Å². The number of rotatable bonds is 3. The van der Waals surface area contributed by atoms with Gasteiger partial charge in [-0.25, -0.2) is 13.1 Å².